The summed E-state index contributed by atoms with van der Waals surface area (Å²) in [7, 11) is 0. The van der Waals surface area contributed by atoms with Crippen molar-refractivity contribution in [2.45, 2.75) is 33.1 Å². The number of carbonyl (C=O) groups excluding carboxylic acids is 2. The molecule has 1 atom stereocenters. The minimum Gasteiger partial charge on any atom is -0.318 e. The SMILES string of the molecule is CCC(C)c1ccccc1NC(=O)C(=O)Nc1ccc(C)cc1Br. The van der Waals surface area contributed by atoms with Gasteiger partial charge < -0.3 is 10.6 Å². The third kappa shape index (κ3) is 4.45. The van der Waals surface area contributed by atoms with E-state index in [1.54, 1.807) is 6.07 Å². The van der Waals surface area contributed by atoms with Gasteiger partial charge in [-0.2, -0.15) is 0 Å². The van der Waals surface area contributed by atoms with E-state index in [2.05, 4.69) is 40.4 Å². The van der Waals surface area contributed by atoms with Crippen molar-refractivity contribution in [3.8, 4) is 0 Å². The van der Waals surface area contributed by atoms with Crippen LogP contribution in [0.15, 0.2) is 46.9 Å². The smallest absolute Gasteiger partial charge is 0.314 e. The van der Waals surface area contributed by atoms with Gasteiger partial charge in [-0.05, 0) is 64.5 Å². The molecule has 2 rings (SSSR count). The Morgan fingerprint density at radius 2 is 1.67 bits per heavy atom. The zero-order valence-electron chi connectivity index (χ0n) is 14.0. The van der Waals surface area contributed by atoms with Crippen molar-refractivity contribution in [3.05, 3.63) is 58.1 Å². The summed E-state index contributed by atoms with van der Waals surface area (Å²) in [6.45, 7) is 6.13. The van der Waals surface area contributed by atoms with Gasteiger partial charge >= 0.3 is 11.8 Å². The molecule has 0 spiro atoms. The minimum atomic E-state index is -0.696. The van der Waals surface area contributed by atoms with E-state index in [0.717, 1.165) is 22.0 Å². The van der Waals surface area contributed by atoms with Gasteiger partial charge in [-0.1, -0.05) is 38.1 Å². The van der Waals surface area contributed by atoms with Gasteiger partial charge in [0.15, 0.2) is 0 Å². The summed E-state index contributed by atoms with van der Waals surface area (Å²) in [5, 5.41) is 5.33. The Morgan fingerprint density at radius 1 is 1.04 bits per heavy atom. The molecule has 24 heavy (non-hydrogen) atoms. The monoisotopic (exact) mass is 388 g/mol. The number of amides is 2. The van der Waals surface area contributed by atoms with Crippen molar-refractivity contribution in [1.29, 1.82) is 0 Å². The van der Waals surface area contributed by atoms with Gasteiger partial charge in [0.2, 0.25) is 0 Å². The lowest BCUT2D eigenvalue weighted by molar-refractivity contribution is -0.133. The molecule has 2 aromatic carbocycles. The number of rotatable bonds is 4. The molecule has 0 heterocycles. The van der Waals surface area contributed by atoms with E-state index in [9.17, 15) is 9.59 Å². The first kappa shape index (κ1) is 18.2. The highest BCUT2D eigenvalue weighted by molar-refractivity contribution is 9.10. The van der Waals surface area contributed by atoms with Gasteiger partial charge in [0.1, 0.15) is 0 Å². The van der Waals surface area contributed by atoms with Gasteiger partial charge in [0.25, 0.3) is 0 Å². The van der Waals surface area contributed by atoms with Crippen LogP contribution < -0.4 is 10.6 Å². The van der Waals surface area contributed by atoms with Crippen molar-refractivity contribution in [3.63, 3.8) is 0 Å². The standard InChI is InChI=1S/C19H21BrN2O2/c1-4-13(3)14-7-5-6-8-16(14)21-18(23)19(24)22-17-10-9-12(2)11-15(17)20/h5-11,13H,4H2,1-3H3,(H,21,23)(H,22,24). The van der Waals surface area contributed by atoms with Crippen molar-refractivity contribution in [2.24, 2.45) is 0 Å². The lowest BCUT2D eigenvalue weighted by atomic mass is 9.97. The highest BCUT2D eigenvalue weighted by Gasteiger charge is 2.17. The second-order valence-corrected chi connectivity index (χ2v) is 6.64. The Labute approximate surface area is 150 Å². The maximum Gasteiger partial charge on any atom is 0.314 e. The maximum absolute atomic E-state index is 12.2. The number of hydrogen-bond acceptors (Lipinski definition) is 2. The predicted molar refractivity (Wildman–Crippen MR) is 101 cm³/mol. The molecule has 0 aliphatic heterocycles. The Hall–Kier alpha value is -2.14. The van der Waals surface area contributed by atoms with E-state index < -0.39 is 11.8 Å². The lowest BCUT2D eigenvalue weighted by Gasteiger charge is -2.15. The second kappa shape index (κ2) is 8.11. The molecule has 2 N–H and O–H groups in total. The van der Waals surface area contributed by atoms with E-state index in [0.29, 0.717) is 17.3 Å². The quantitative estimate of drug-likeness (QED) is 0.735. The average molecular weight is 389 g/mol. The van der Waals surface area contributed by atoms with Gasteiger partial charge in [-0.25, -0.2) is 0 Å². The van der Waals surface area contributed by atoms with E-state index in [1.165, 1.54) is 0 Å². The molecule has 4 nitrogen and oxygen atoms in total. The van der Waals surface area contributed by atoms with Crippen molar-refractivity contribution >= 4 is 39.1 Å². The molecule has 0 aliphatic rings. The molecule has 0 aromatic heterocycles. The predicted octanol–water partition coefficient (Wildman–Crippen LogP) is 4.85. The largest absolute Gasteiger partial charge is 0.318 e. The zero-order valence-corrected chi connectivity index (χ0v) is 15.6. The number of benzene rings is 2. The number of aryl methyl sites for hydroxylation is 1. The number of hydrogen-bond donors (Lipinski definition) is 2. The molecule has 0 bridgehead atoms. The topological polar surface area (TPSA) is 58.2 Å². The average Bonchev–Trinajstić information content (AvgIpc) is 2.57. The fourth-order valence-electron chi connectivity index (χ4n) is 2.34. The minimum absolute atomic E-state index is 0.302. The Morgan fingerprint density at radius 3 is 2.29 bits per heavy atom. The van der Waals surface area contributed by atoms with Crippen LogP contribution >= 0.6 is 15.9 Å². The summed E-state index contributed by atoms with van der Waals surface area (Å²) >= 11 is 3.39. The number of anilines is 2. The van der Waals surface area contributed by atoms with Gasteiger partial charge in [-0.15, -0.1) is 0 Å². The molecule has 0 radical (unpaired) electrons. The summed E-state index contributed by atoms with van der Waals surface area (Å²) in [5.74, 6) is -1.08. The Kier molecular flexibility index (Phi) is 6.15. The van der Waals surface area contributed by atoms with Gasteiger partial charge in [0.05, 0.1) is 5.69 Å². The number of para-hydroxylation sites is 1. The molecule has 2 aromatic rings. The lowest BCUT2D eigenvalue weighted by Crippen LogP contribution is -2.29. The summed E-state index contributed by atoms with van der Waals surface area (Å²) in [6, 6.07) is 13.1. The summed E-state index contributed by atoms with van der Waals surface area (Å²) < 4.78 is 0.739. The summed E-state index contributed by atoms with van der Waals surface area (Å²) in [4.78, 5) is 24.4. The van der Waals surface area contributed by atoms with Crippen LogP contribution in [0, 0.1) is 6.92 Å². The van der Waals surface area contributed by atoms with E-state index in [-0.39, 0.29) is 0 Å². The Balaban J connectivity index is 2.11. The van der Waals surface area contributed by atoms with Crippen LogP contribution in [-0.2, 0) is 9.59 Å². The van der Waals surface area contributed by atoms with Gasteiger partial charge in [0, 0.05) is 10.2 Å². The molecule has 5 heteroatoms. The first-order valence-electron chi connectivity index (χ1n) is 7.89. The first-order chi connectivity index (χ1) is 11.4. The van der Waals surface area contributed by atoms with E-state index in [4.69, 9.17) is 0 Å². The van der Waals surface area contributed by atoms with Crippen LogP contribution in [0.3, 0.4) is 0 Å². The maximum atomic E-state index is 12.2. The summed E-state index contributed by atoms with van der Waals surface area (Å²) in [5.41, 5.74) is 3.33. The highest BCUT2D eigenvalue weighted by atomic mass is 79.9. The zero-order chi connectivity index (χ0) is 17.7. The van der Waals surface area contributed by atoms with Crippen molar-refractivity contribution < 1.29 is 9.59 Å². The van der Waals surface area contributed by atoms with Crippen molar-refractivity contribution in [1.82, 2.24) is 0 Å². The van der Waals surface area contributed by atoms with Gasteiger partial charge in [-0.3, -0.25) is 9.59 Å². The fraction of sp³-hybridized carbons (Fsp3) is 0.263. The molecule has 126 valence electrons. The molecule has 0 aliphatic carbocycles. The highest BCUT2D eigenvalue weighted by Crippen LogP contribution is 2.27. The molecule has 0 fully saturated rings. The summed E-state index contributed by atoms with van der Waals surface area (Å²) in [6.07, 6.45) is 0.954. The van der Waals surface area contributed by atoms with Crippen LogP contribution in [0.1, 0.15) is 37.3 Å². The van der Waals surface area contributed by atoms with E-state index in [1.807, 2.05) is 43.3 Å². The van der Waals surface area contributed by atoms with Crippen LogP contribution in [0.5, 0.6) is 0 Å². The molecule has 1 unspecified atom stereocenters. The molecule has 2 amide bonds. The second-order valence-electron chi connectivity index (χ2n) is 5.79. The fourth-order valence-corrected chi connectivity index (χ4v) is 2.93. The van der Waals surface area contributed by atoms with Crippen LogP contribution in [0.4, 0.5) is 11.4 Å². The molecular weight excluding hydrogens is 368 g/mol. The van der Waals surface area contributed by atoms with Crippen molar-refractivity contribution in [2.75, 3.05) is 10.6 Å². The molecular formula is C19H21BrN2O2. The van der Waals surface area contributed by atoms with Crippen LogP contribution in [0.25, 0.3) is 0 Å². The van der Waals surface area contributed by atoms with Crippen LogP contribution in [0.2, 0.25) is 0 Å². The molecule has 0 saturated carbocycles. The van der Waals surface area contributed by atoms with Crippen LogP contribution in [-0.4, -0.2) is 11.8 Å². The number of carbonyl (C=O) groups is 2. The normalized spacial score (nSPS) is 11.7. The third-order valence-electron chi connectivity index (χ3n) is 3.93. The van der Waals surface area contributed by atoms with E-state index >= 15 is 0 Å². The number of halogens is 1. The Bertz CT molecular complexity index is 759. The first-order valence-corrected chi connectivity index (χ1v) is 8.69. The third-order valence-corrected chi connectivity index (χ3v) is 4.59. The number of nitrogens with one attached hydrogen (secondary N) is 2. The molecule has 0 saturated heterocycles.